The molecule has 0 spiro atoms. The number of rotatable bonds is 9. The number of aromatic nitrogens is 7. The molecule has 0 aliphatic rings. The number of imidazole rings is 1. The van der Waals surface area contributed by atoms with Crippen LogP contribution in [0.3, 0.4) is 0 Å². The molecule has 0 fully saturated rings. The number of pyridine rings is 1. The summed E-state index contributed by atoms with van der Waals surface area (Å²) in [5.74, 6) is 2.40. The van der Waals surface area contributed by atoms with Gasteiger partial charge in [0, 0.05) is 51.1 Å². The van der Waals surface area contributed by atoms with Crippen molar-refractivity contribution in [3.63, 3.8) is 0 Å². The minimum Gasteiger partial charge on any atom is -0.573 e. The maximum atomic E-state index is 12.9. The van der Waals surface area contributed by atoms with Gasteiger partial charge in [0.05, 0.1) is 56.9 Å². The van der Waals surface area contributed by atoms with Crippen LogP contribution in [0.5, 0.6) is 11.5 Å². The molecule has 0 bridgehead atoms. The Bertz CT molecular complexity index is 1550. The van der Waals surface area contributed by atoms with Crippen LogP contribution in [-0.2, 0) is 25.1 Å². The zero-order chi connectivity index (χ0) is 26.8. The number of fused-ring (bicyclic) bond motifs is 1. The predicted octanol–water partition coefficient (Wildman–Crippen LogP) is 2.97. The van der Waals surface area contributed by atoms with E-state index < -0.39 is 11.5 Å². The monoisotopic (exact) mass is 533 g/mol. The van der Waals surface area contributed by atoms with Crippen molar-refractivity contribution in [3.8, 4) is 22.8 Å². The number of anilines is 2. The van der Waals surface area contributed by atoms with Crippen LogP contribution in [0, 0.1) is 0 Å². The van der Waals surface area contributed by atoms with Crippen LogP contribution >= 0.6 is 0 Å². The van der Waals surface area contributed by atoms with E-state index in [0.717, 1.165) is 11.3 Å². The van der Waals surface area contributed by atoms with E-state index in [1.807, 2.05) is 42.4 Å². The number of methoxy groups -OCH3 is 2. The van der Waals surface area contributed by atoms with E-state index in [0.29, 0.717) is 40.0 Å². The quantitative estimate of drug-likeness (QED) is 0.261. The molecule has 0 radical (unpaired) electrons. The lowest BCUT2D eigenvalue weighted by Crippen LogP contribution is -2.31. The molecular formula is C25H27N9O3S. The number of nitrogens with zero attached hydrogens (tertiary/aromatic N) is 9. The third-order valence-corrected chi connectivity index (χ3v) is 7.07. The van der Waals surface area contributed by atoms with Crippen molar-refractivity contribution >= 4 is 34.2 Å². The highest BCUT2D eigenvalue weighted by Crippen LogP contribution is 2.34. The molecular weight excluding hydrogens is 506 g/mol. The van der Waals surface area contributed by atoms with Gasteiger partial charge in [-0.2, -0.15) is 5.10 Å². The molecule has 38 heavy (non-hydrogen) atoms. The molecule has 1 aromatic carbocycles. The van der Waals surface area contributed by atoms with Crippen molar-refractivity contribution in [3.05, 3.63) is 67.1 Å². The normalized spacial score (nSPS) is 12.2. The fourth-order valence-corrected chi connectivity index (χ4v) is 4.67. The van der Waals surface area contributed by atoms with Crippen molar-refractivity contribution in [2.45, 2.75) is 6.54 Å². The lowest BCUT2D eigenvalue weighted by atomic mass is 10.2. The molecule has 0 aliphatic heterocycles. The summed E-state index contributed by atoms with van der Waals surface area (Å²) in [7, 11) is 8.53. The zero-order valence-corrected chi connectivity index (χ0v) is 22.5. The first kappa shape index (κ1) is 25.4. The van der Waals surface area contributed by atoms with E-state index >= 15 is 0 Å². The topological polar surface area (TPSA) is 122 Å². The highest BCUT2D eigenvalue weighted by atomic mass is 32.2. The molecule has 0 aliphatic carbocycles. The van der Waals surface area contributed by atoms with E-state index in [9.17, 15) is 4.55 Å². The van der Waals surface area contributed by atoms with Crippen LogP contribution in [0.2, 0.25) is 0 Å². The first-order valence-corrected chi connectivity index (χ1v) is 12.7. The molecule has 13 heteroatoms. The highest BCUT2D eigenvalue weighted by molar-refractivity contribution is 7.87. The fraction of sp³-hybridized carbons (Fsp3) is 0.240. The third-order valence-electron chi connectivity index (χ3n) is 5.78. The first-order chi connectivity index (χ1) is 18.4. The second kappa shape index (κ2) is 10.7. The number of hydrogen-bond donors (Lipinski definition) is 0. The lowest BCUT2D eigenvalue weighted by molar-refractivity contribution is 0.394. The third kappa shape index (κ3) is 5.11. The minimum atomic E-state index is -1.44. The molecule has 4 heterocycles. The van der Waals surface area contributed by atoms with E-state index in [1.54, 1.807) is 72.1 Å². The lowest BCUT2D eigenvalue weighted by Gasteiger charge is -2.25. The molecule has 0 saturated heterocycles. The first-order valence-electron chi connectivity index (χ1n) is 11.6. The van der Waals surface area contributed by atoms with Crippen LogP contribution in [0.1, 0.15) is 5.82 Å². The summed E-state index contributed by atoms with van der Waals surface area (Å²) < 4.78 is 28.9. The maximum Gasteiger partial charge on any atom is 0.180 e. The number of aryl methyl sites for hydroxylation is 1. The summed E-state index contributed by atoms with van der Waals surface area (Å²) in [6.45, 7) is 0.261. The Hall–Kier alpha value is -4.20. The Morgan fingerprint density at radius 1 is 1.00 bits per heavy atom. The van der Waals surface area contributed by atoms with Gasteiger partial charge < -0.3 is 18.9 Å². The summed E-state index contributed by atoms with van der Waals surface area (Å²) in [6, 6.07) is 9.28. The van der Waals surface area contributed by atoms with Crippen LogP contribution in [-0.4, -0.2) is 70.9 Å². The Morgan fingerprint density at radius 2 is 1.76 bits per heavy atom. The Labute approximate surface area is 222 Å². The number of ether oxygens (including phenoxy) is 2. The van der Waals surface area contributed by atoms with Gasteiger partial charge in [-0.1, -0.05) is 0 Å². The Morgan fingerprint density at radius 3 is 2.42 bits per heavy atom. The predicted molar refractivity (Wildman–Crippen MR) is 144 cm³/mol. The van der Waals surface area contributed by atoms with Gasteiger partial charge in [0.25, 0.3) is 0 Å². The van der Waals surface area contributed by atoms with Gasteiger partial charge in [-0.3, -0.25) is 9.67 Å². The molecule has 0 saturated carbocycles. The molecule has 0 amide bonds. The summed E-state index contributed by atoms with van der Waals surface area (Å²) in [5.41, 5.74) is 3.39. The molecule has 196 valence electrons. The molecule has 4 aromatic heterocycles. The number of hydrogen-bond acceptors (Lipinski definition) is 10. The van der Waals surface area contributed by atoms with Crippen molar-refractivity contribution in [1.82, 2.24) is 38.0 Å². The summed E-state index contributed by atoms with van der Waals surface area (Å²) in [6.07, 6.45) is 8.63. The Balaban J connectivity index is 1.62. The maximum absolute atomic E-state index is 12.9. The average molecular weight is 534 g/mol. The van der Waals surface area contributed by atoms with E-state index in [2.05, 4.69) is 15.1 Å². The van der Waals surface area contributed by atoms with Crippen LogP contribution in [0.4, 0.5) is 11.5 Å². The van der Waals surface area contributed by atoms with Gasteiger partial charge in [-0.15, -0.1) is 8.28 Å². The molecule has 5 rings (SSSR count). The fourth-order valence-electron chi connectivity index (χ4n) is 3.88. The number of benzene rings is 1. The molecule has 12 nitrogen and oxygen atoms in total. The molecule has 0 N–H and O–H groups in total. The summed E-state index contributed by atoms with van der Waals surface area (Å²) >= 11 is -1.44. The minimum absolute atomic E-state index is 0.261. The summed E-state index contributed by atoms with van der Waals surface area (Å²) in [4.78, 5) is 20.6. The zero-order valence-electron chi connectivity index (χ0n) is 21.6. The van der Waals surface area contributed by atoms with Crippen molar-refractivity contribution in [2.75, 3.05) is 33.2 Å². The van der Waals surface area contributed by atoms with Gasteiger partial charge in [-0.25, -0.2) is 15.0 Å². The smallest absolute Gasteiger partial charge is 0.180 e. The Kier molecular flexibility index (Phi) is 7.13. The van der Waals surface area contributed by atoms with Gasteiger partial charge in [-0.05, 0) is 12.1 Å². The molecule has 5 aromatic rings. The summed E-state index contributed by atoms with van der Waals surface area (Å²) in [5, 5.41) is 4.23. The van der Waals surface area contributed by atoms with E-state index in [1.165, 1.54) is 0 Å². The molecule has 1 atom stereocenters. The van der Waals surface area contributed by atoms with Crippen molar-refractivity contribution < 1.29 is 14.0 Å². The van der Waals surface area contributed by atoms with Crippen LogP contribution in [0.15, 0.2) is 61.3 Å². The second-order valence-electron chi connectivity index (χ2n) is 8.54. The van der Waals surface area contributed by atoms with Gasteiger partial charge >= 0.3 is 0 Å². The van der Waals surface area contributed by atoms with Crippen LogP contribution in [0.25, 0.3) is 22.4 Å². The van der Waals surface area contributed by atoms with E-state index in [-0.39, 0.29) is 6.54 Å². The van der Waals surface area contributed by atoms with Crippen molar-refractivity contribution in [1.29, 1.82) is 0 Å². The largest absolute Gasteiger partial charge is 0.573 e. The second-order valence-corrected chi connectivity index (χ2v) is 10.1. The standard InChI is InChI=1S/C25H27N9O3S/c1-31(2)38(35)34-9-8-26-24(34)16-33(18-10-19(36-4)12-20(11-18)37-5)23-7-6-21-25(30-23)29-22(14-27-21)17-13-28-32(3)15-17/h6-15H,16H2,1-5H3. The van der Waals surface area contributed by atoms with Gasteiger partial charge in [0.15, 0.2) is 23.0 Å². The van der Waals surface area contributed by atoms with Gasteiger partial charge in [0.1, 0.15) is 22.8 Å². The highest BCUT2D eigenvalue weighted by Gasteiger charge is 2.23. The molecule has 1 unspecified atom stereocenters. The average Bonchev–Trinajstić information content (AvgIpc) is 3.59. The van der Waals surface area contributed by atoms with Crippen molar-refractivity contribution in [2.24, 2.45) is 7.05 Å². The van der Waals surface area contributed by atoms with Gasteiger partial charge in [0.2, 0.25) is 0 Å². The SMILES string of the molecule is COc1cc(OC)cc(N(Cc2nccn2[S+]([O-])N(C)C)c2ccc3ncc(-c4cnn(C)c4)nc3n2)c1. The van der Waals surface area contributed by atoms with Crippen LogP contribution < -0.4 is 14.4 Å². The van der Waals surface area contributed by atoms with E-state index in [4.69, 9.17) is 19.4 Å².